The van der Waals surface area contributed by atoms with Crippen LogP contribution >= 0.6 is 0 Å². The molecule has 7 nitrogen and oxygen atoms in total. The molecule has 23 heavy (non-hydrogen) atoms. The minimum atomic E-state index is -4.79. The largest absolute Gasteiger partial charge is 0.451 e. The summed E-state index contributed by atoms with van der Waals surface area (Å²) in [6.07, 6.45) is -4.79. The van der Waals surface area contributed by atoms with E-state index in [4.69, 9.17) is 5.26 Å². The van der Waals surface area contributed by atoms with E-state index in [-0.39, 0.29) is 0 Å². The van der Waals surface area contributed by atoms with E-state index in [1.165, 1.54) is 24.3 Å². The fourth-order valence-corrected chi connectivity index (χ4v) is 1.80. The Bertz CT molecular complexity index is 827. The molecule has 120 valence electrons. The van der Waals surface area contributed by atoms with Crippen molar-refractivity contribution in [3.05, 3.63) is 46.1 Å². The molecule has 0 saturated carbocycles. The molecule has 1 amide bonds. The van der Waals surface area contributed by atoms with Crippen molar-refractivity contribution in [2.75, 3.05) is 5.32 Å². The number of benzene rings is 1. The number of anilines is 1. The van der Waals surface area contributed by atoms with Crippen LogP contribution in [-0.4, -0.2) is 20.3 Å². The molecule has 1 aromatic heterocycles. The van der Waals surface area contributed by atoms with Crippen LogP contribution in [0.5, 0.6) is 0 Å². The molecular formula is C13H10F3N5O2. The number of carbonyl (C=O) groups excluding carboxylic acids is 1. The van der Waals surface area contributed by atoms with E-state index in [1.54, 1.807) is 0 Å². The molecule has 1 aromatic carbocycles. The maximum atomic E-state index is 12.6. The minimum Gasteiger partial charge on any atom is -0.324 e. The third-order valence-corrected chi connectivity index (χ3v) is 2.89. The van der Waals surface area contributed by atoms with E-state index < -0.39 is 30.1 Å². The van der Waals surface area contributed by atoms with E-state index in [0.29, 0.717) is 20.5 Å². The fourth-order valence-electron chi connectivity index (χ4n) is 1.80. The lowest BCUT2D eigenvalue weighted by molar-refractivity contribution is -0.147. The molecule has 2 rings (SSSR count). The summed E-state index contributed by atoms with van der Waals surface area (Å²) in [6.45, 7) is -0.664. The van der Waals surface area contributed by atoms with E-state index in [9.17, 15) is 22.8 Å². The summed E-state index contributed by atoms with van der Waals surface area (Å²) < 4.78 is 38.7. The van der Waals surface area contributed by atoms with Crippen LogP contribution in [0.15, 0.2) is 29.1 Å². The maximum absolute atomic E-state index is 12.6. The number of nitriles is 1. The summed E-state index contributed by atoms with van der Waals surface area (Å²) in [4.78, 5) is 23.4. The first kappa shape index (κ1) is 16.3. The lowest BCUT2D eigenvalue weighted by Crippen LogP contribution is -2.29. The van der Waals surface area contributed by atoms with Gasteiger partial charge in [0.2, 0.25) is 11.7 Å². The number of rotatable bonds is 3. The zero-order valence-corrected chi connectivity index (χ0v) is 11.8. The van der Waals surface area contributed by atoms with Crippen molar-refractivity contribution in [3.8, 4) is 6.07 Å². The second-order valence-corrected chi connectivity index (χ2v) is 4.56. The summed E-state index contributed by atoms with van der Waals surface area (Å²) in [7, 11) is 0.924. The van der Waals surface area contributed by atoms with E-state index in [0.717, 1.165) is 7.05 Å². The van der Waals surface area contributed by atoms with Gasteiger partial charge in [0.1, 0.15) is 6.54 Å². The molecule has 0 aliphatic heterocycles. The number of nitrogens with zero attached hydrogens (tertiary/aromatic N) is 4. The van der Waals surface area contributed by atoms with Gasteiger partial charge in [0.15, 0.2) is 0 Å². The maximum Gasteiger partial charge on any atom is 0.451 e. The second kappa shape index (κ2) is 5.96. The van der Waals surface area contributed by atoms with Gasteiger partial charge in [-0.1, -0.05) is 0 Å². The molecule has 2 aromatic rings. The molecule has 0 saturated heterocycles. The summed E-state index contributed by atoms with van der Waals surface area (Å²) in [5, 5.41) is 14.2. The highest BCUT2D eigenvalue weighted by Gasteiger charge is 2.38. The molecule has 0 aliphatic rings. The number of nitrogens with one attached hydrogen (secondary N) is 1. The van der Waals surface area contributed by atoms with Crippen LogP contribution < -0.4 is 11.0 Å². The summed E-state index contributed by atoms with van der Waals surface area (Å²) in [5.41, 5.74) is -0.319. The van der Waals surface area contributed by atoms with Crippen molar-refractivity contribution < 1.29 is 18.0 Å². The first-order valence-corrected chi connectivity index (χ1v) is 6.23. The number of hydrogen-bond donors (Lipinski definition) is 1. The number of aromatic nitrogens is 3. The van der Waals surface area contributed by atoms with Gasteiger partial charge in [-0.3, -0.25) is 9.36 Å². The smallest absolute Gasteiger partial charge is 0.324 e. The highest BCUT2D eigenvalue weighted by atomic mass is 19.4. The number of amides is 1. The Morgan fingerprint density at radius 1 is 1.35 bits per heavy atom. The quantitative estimate of drug-likeness (QED) is 0.915. The zero-order valence-electron chi connectivity index (χ0n) is 11.8. The Morgan fingerprint density at radius 2 is 1.96 bits per heavy atom. The van der Waals surface area contributed by atoms with Gasteiger partial charge in [-0.15, -0.1) is 5.10 Å². The minimum absolute atomic E-state index is 0.328. The van der Waals surface area contributed by atoms with Crippen LogP contribution in [0.2, 0.25) is 0 Å². The van der Waals surface area contributed by atoms with Crippen LogP contribution in [0.1, 0.15) is 11.4 Å². The van der Waals surface area contributed by atoms with Crippen LogP contribution in [0.4, 0.5) is 18.9 Å². The molecule has 0 radical (unpaired) electrons. The number of halogens is 3. The molecule has 0 fully saturated rings. The topological polar surface area (TPSA) is 92.7 Å². The number of carbonyl (C=O) groups is 1. The van der Waals surface area contributed by atoms with Gasteiger partial charge in [-0.2, -0.15) is 18.4 Å². The van der Waals surface area contributed by atoms with Crippen LogP contribution in [0, 0.1) is 11.3 Å². The van der Waals surface area contributed by atoms with Crippen molar-refractivity contribution in [1.29, 1.82) is 5.26 Å². The number of hydrogen-bond acceptors (Lipinski definition) is 4. The van der Waals surface area contributed by atoms with Crippen molar-refractivity contribution in [1.82, 2.24) is 14.3 Å². The molecule has 0 bridgehead atoms. The van der Waals surface area contributed by atoms with Gasteiger partial charge < -0.3 is 5.32 Å². The van der Waals surface area contributed by atoms with Crippen molar-refractivity contribution in [2.24, 2.45) is 7.05 Å². The van der Waals surface area contributed by atoms with Gasteiger partial charge >= 0.3 is 11.9 Å². The molecule has 1 heterocycles. The van der Waals surface area contributed by atoms with Crippen LogP contribution in [0.25, 0.3) is 0 Å². The van der Waals surface area contributed by atoms with Gasteiger partial charge in [-0.25, -0.2) is 9.48 Å². The van der Waals surface area contributed by atoms with Gasteiger partial charge in [-0.05, 0) is 24.3 Å². The first-order chi connectivity index (χ1) is 10.7. The average Bonchev–Trinajstić information content (AvgIpc) is 2.76. The predicted molar refractivity (Wildman–Crippen MR) is 72.3 cm³/mol. The third kappa shape index (κ3) is 3.57. The van der Waals surface area contributed by atoms with Crippen molar-refractivity contribution >= 4 is 11.6 Å². The Balaban J connectivity index is 2.14. The van der Waals surface area contributed by atoms with Crippen molar-refractivity contribution in [2.45, 2.75) is 12.7 Å². The van der Waals surface area contributed by atoms with Crippen LogP contribution in [-0.2, 0) is 24.6 Å². The zero-order chi connectivity index (χ0) is 17.2. The van der Waals surface area contributed by atoms with Crippen molar-refractivity contribution in [3.63, 3.8) is 0 Å². The predicted octanol–water partition coefficient (Wildman–Crippen LogP) is 1.11. The van der Waals surface area contributed by atoms with Gasteiger partial charge in [0.25, 0.3) is 0 Å². The molecule has 0 atom stereocenters. The summed E-state index contributed by atoms with van der Waals surface area (Å²) >= 11 is 0. The van der Waals surface area contributed by atoms with Gasteiger partial charge in [0, 0.05) is 12.7 Å². The monoisotopic (exact) mass is 325 g/mol. The molecule has 0 aliphatic carbocycles. The highest BCUT2D eigenvalue weighted by Crippen LogP contribution is 2.25. The second-order valence-electron chi connectivity index (χ2n) is 4.56. The standard InChI is InChI=1S/C13H10F3N5O2/c1-20-11(13(14,15)16)19-21(12(20)23)7-10(22)18-9-4-2-8(6-17)3-5-9/h2-5H,7H2,1H3,(H,18,22). The average molecular weight is 325 g/mol. The SMILES string of the molecule is Cn1c(C(F)(F)F)nn(CC(=O)Nc2ccc(C#N)cc2)c1=O. The molecule has 0 spiro atoms. The highest BCUT2D eigenvalue weighted by molar-refractivity contribution is 5.90. The normalized spacial score (nSPS) is 11.1. The van der Waals surface area contributed by atoms with E-state index >= 15 is 0 Å². The Kier molecular flexibility index (Phi) is 4.22. The Labute approximate surface area is 127 Å². The molecule has 10 heteroatoms. The number of alkyl halides is 3. The summed E-state index contributed by atoms with van der Waals surface area (Å²) in [5.74, 6) is -2.10. The van der Waals surface area contributed by atoms with E-state index in [2.05, 4.69) is 10.4 Å². The molecule has 0 unspecified atom stereocenters. The lowest BCUT2D eigenvalue weighted by atomic mass is 10.2. The lowest BCUT2D eigenvalue weighted by Gasteiger charge is -2.04. The Hall–Kier alpha value is -3.09. The fraction of sp³-hybridized carbons (Fsp3) is 0.231. The summed E-state index contributed by atoms with van der Waals surface area (Å²) in [6, 6.07) is 7.74. The van der Waals surface area contributed by atoms with E-state index in [1.807, 2.05) is 6.07 Å². The van der Waals surface area contributed by atoms with Crippen LogP contribution in [0.3, 0.4) is 0 Å². The molecule has 1 N–H and O–H groups in total. The van der Waals surface area contributed by atoms with Gasteiger partial charge in [0.05, 0.1) is 11.6 Å². The molecular weight excluding hydrogens is 315 g/mol. The third-order valence-electron chi connectivity index (χ3n) is 2.89. The first-order valence-electron chi connectivity index (χ1n) is 6.23. The Morgan fingerprint density at radius 3 is 2.43 bits per heavy atom.